The van der Waals surface area contributed by atoms with E-state index in [1.165, 1.54) is 11.3 Å². The second-order valence-electron chi connectivity index (χ2n) is 4.49. The van der Waals surface area contributed by atoms with Crippen molar-refractivity contribution in [2.45, 2.75) is 46.2 Å². The summed E-state index contributed by atoms with van der Waals surface area (Å²) in [5.74, 6) is 1.97. The summed E-state index contributed by atoms with van der Waals surface area (Å²) < 4.78 is 0. The number of nitrogens with one attached hydrogen (secondary N) is 2. The molecule has 1 aliphatic rings. The summed E-state index contributed by atoms with van der Waals surface area (Å²) in [4.78, 5) is 9.19. The van der Waals surface area contributed by atoms with E-state index in [2.05, 4.69) is 41.4 Å². The first kappa shape index (κ1) is 11.3. The number of hydrogen-bond donors (Lipinski definition) is 2. The van der Waals surface area contributed by atoms with Crippen molar-refractivity contribution in [2.24, 2.45) is 0 Å². The largest absolute Gasteiger partial charge is 0.368 e. The van der Waals surface area contributed by atoms with Crippen molar-refractivity contribution in [1.29, 1.82) is 0 Å². The number of rotatable bonds is 3. The molecule has 2 heterocycles. The Morgan fingerprint density at radius 3 is 2.88 bits per heavy atom. The minimum Gasteiger partial charge on any atom is -0.368 e. The van der Waals surface area contributed by atoms with Crippen LogP contribution in [0, 0.1) is 0 Å². The zero-order valence-electron chi connectivity index (χ0n) is 10.3. The van der Waals surface area contributed by atoms with Gasteiger partial charge in [-0.3, -0.25) is 0 Å². The number of aromatic nitrogens is 2. The van der Waals surface area contributed by atoms with Crippen molar-refractivity contribution in [1.82, 2.24) is 15.3 Å². The van der Waals surface area contributed by atoms with Crippen LogP contribution in [0.25, 0.3) is 0 Å². The summed E-state index contributed by atoms with van der Waals surface area (Å²) in [6.45, 7) is 8.28. The molecule has 0 atom stereocenters. The smallest absolute Gasteiger partial charge is 0.134 e. The molecule has 4 nitrogen and oxygen atoms in total. The number of fused-ring (bicyclic) bond motifs is 1. The predicted molar refractivity (Wildman–Crippen MR) is 65.6 cm³/mol. The molecule has 0 bridgehead atoms. The molecule has 0 aromatic carbocycles. The van der Waals surface area contributed by atoms with Gasteiger partial charge < -0.3 is 10.6 Å². The molecule has 0 amide bonds. The minimum absolute atomic E-state index is 0.408. The van der Waals surface area contributed by atoms with E-state index < -0.39 is 0 Å². The first-order valence-electron chi connectivity index (χ1n) is 6.06. The molecule has 16 heavy (non-hydrogen) atoms. The SMILES string of the molecule is CCc1nc2c(c(NC(C)C)n1)CNCC2. The topological polar surface area (TPSA) is 49.8 Å². The number of anilines is 1. The van der Waals surface area contributed by atoms with E-state index in [0.717, 1.165) is 37.6 Å². The van der Waals surface area contributed by atoms with Gasteiger partial charge in [0.15, 0.2) is 0 Å². The van der Waals surface area contributed by atoms with Crippen molar-refractivity contribution in [3.63, 3.8) is 0 Å². The van der Waals surface area contributed by atoms with Gasteiger partial charge in [-0.1, -0.05) is 6.92 Å². The van der Waals surface area contributed by atoms with E-state index in [4.69, 9.17) is 0 Å². The highest BCUT2D eigenvalue weighted by molar-refractivity contribution is 5.48. The summed E-state index contributed by atoms with van der Waals surface area (Å²) in [5.41, 5.74) is 2.46. The third kappa shape index (κ3) is 2.32. The van der Waals surface area contributed by atoms with Crippen molar-refractivity contribution in [3.05, 3.63) is 17.1 Å². The molecule has 0 unspecified atom stereocenters. The van der Waals surface area contributed by atoms with Gasteiger partial charge in [-0.05, 0) is 13.8 Å². The van der Waals surface area contributed by atoms with E-state index in [0.29, 0.717) is 6.04 Å². The van der Waals surface area contributed by atoms with E-state index in [1.54, 1.807) is 0 Å². The van der Waals surface area contributed by atoms with Gasteiger partial charge in [0, 0.05) is 37.5 Å². The normalized spacial score (nSPS) is 15.0. The summed E-state index contributed by atoms with van der Waals surface area (Å²) in [6, 6.07) is 0.408. The van der Waals surface area contributed by atoms with Crippen LogP contribution < -0.4 is 10.6 Å². The maximum absolute atomic E-state index is 4.61. The lowest BCUT2D eigenvalue weighted by atomic mass is 10.1. The molecule has 0 spiro atoms. The molecule has 0 saturated carbocycles. The van der Waals surface area contributed by atoms with Crippen molar-refractivity contribution in [3.8, 4) is 0 Å². The molecule has 88 valence electrons. The number of aryl methyl sites for hydroxylation is 1. The van der Waals surface area contributed by atoms with Crippen LogP contribution in [-0.4, -0.2) is 22.6 Å². The molecule has 1 aromatic rings. The zero-order valence-corrected chi connectivity index (χ0v) is 10.3. The quantitative estimate of drug-likeness (QED) is 0.810. The van der Waals surface area contributed by atoms with E-state index in [-0.39, 0.29) is 0 Å². The van der Waals surface area contributed by atoms with Crippen molar-refractivity contribution >= 4 is 5.82 Å². The summed E-state index contributed by atoms with van der Waals surface area (Å²) in [6.07, 6.45) is 1.91. The second-order valence-corrected chi connectivity index (χ2v) is 4.49. The Kier molecular flexibility index (Phi) is 3.39. The van der Waals surface area contributed by atoms with E-state index >= 15 is 0 Å². The van der Waals surface area contributed by atoms with Crippen molar-refractivity contribution in [2.75, 3.05) is 11.9 Å². The van der Waals surface area contributed by atoms with Crippen LogP contribution in [0.1, 0.15) is 37.9 Å². The van der Waals surface area contributed by atoms with Crippen molar-refractivity contribution < 1.29 is 0 Å². The maximum Gasteiger partial charge on any atom is 0.134 e. The lowest BCUT2D eigenvalue weighted by Crippen LogP contribution is -2.28. The zero-order chi connectivity index (χ0) is 11.5. The van der Waals surface area contributed by atoms with Gasteiger partial charge in [0.1, 0.15) is 11.6 Å². The Morgan fingerprint density at radius 2 is 2.19 bits per heavy atom. The number of hydrogen-bond acceptors (Lipinski definition) is 4. The third-order valence-electron chi connectivity index (χ3n) is 2.72. The van der Waals surface area contributed by atoms with Gasteiger partial charge in [0.05, 0.1) is 5.69 Å². The molecule has 2 N–H and O–H groups in total. The molecule has 0 aliphatic carbocycles. The molecule has 0 saturated heterocycles. The lowest BCUT2D eigenvalue weighted by Gasteiger charge is -2.21. The third-order valence-corrected chi connectivity index (χ3v) is 2.72. The molecule has 0 fully saturated rings. The molecule has 0 radical (unpaired) electrons. The van der Waals surface area contributed by atoms with Crippen LogP contribution in [0.4, 0.5) is 5.82 Å². The maximum atomic E-state index is 4.61. The predicted octanol–water partition coefficient (Wildman–Crippen LogP) is 1.50. The first-order chi connectivity index (χ1) is 7.70. The Bertz CT molecular complexity index is 374. The van der Waals surface area contributed by atoms with Crippen LogP contribution in [0.15, 0.2) is 0 Å². The lowest BCUT2D eigenvalue weighted by molar-refractivity contribution is 0.620. The second kappa shape index (κ2) is 4.78. The van der Waals surface area contributed by atoms with Crippen LogP contribution >= 0.6 is 0 Å². The highest BCUT2D eigenvalue weighted by Gasteiger charge is 2.17. The molecular formula is C12H20N4. The summed E-state index contributed by atoms with van der Waals surface area (Å²) >= 11 is 0. The summed E-state index contributed by atoms with van der Waals surface area (Å²) in [7, 11) is 0. The van der Waals surface area contributed by atoms with Crippen LogP contribution in [0.2, 0.25) is 0 Å². The van der Waals surface area contributed by atoms with Crippen LogP contribution in [0.5, 0.6) is 0 Å². The monoisotopic (exact) mass is 220 g/mol. The highest BCUT2D eigenvalue weighted by atomic mass is 15.1. The Morgan fingerprint density at radius 1 is 1.38 bits per heavy atom. The van der Waals surface area contributed by atoms with Gasteiger partial charge in [0.25, 0.3) is 0 Å². The Balaban J connectivity index is 2.39. The molecule has 4 heteroatoms. The standard InChI is InChI=1S/C12H20N4/c1-4-11-15-10-5-6-13-7-9(10)12(16-11)14-8(2)3/h8,13H,4-7H2,1-3H3,(H,14,15,16). The van der Waals surface area contributed by atoms with Gasteiger partial charge in [-0.15, -0.1) is 0 Å². The number of nitrogens with zero attached hydrogens (tertiary/aromatic N) is 2. The van der Waals surface area contributed by atoms with Crippen LogP contribution in [-0.2, 0) is 19.4 Å². The van der Waals surface area contributed by atoms with E-state index in [9.17, 15) is 0 Å². The molecule has 1 aromatic heterocycles. The fourth-order valence-corrected chi connectivity index (χ4v) is 1.95. The van der Waals surface area contributed by atoms with Crippen LogP contribution in [0.3, 0.4) is 0 Å². The molecule has 2 rings (SSSR count). The van der Waals surface area contributed by atoms with Gasteiger partial charge in [-0.25, -0.2) is 9.97 Å². The van der Waals surface area contributed by atoms with E-state index in [1.807, 2.05) is 0 Å². The fraction of sp³-hybridized carbons (Fsp3) is 0.667. The van der Waals surface area contributed by atoms with Gasteiger partial charge in [-0.2, -0.15) is 0 Å². The fourth-order valence-electron chi connectivity index (χ4n) is 1.95. The summed E-state index contributed by atoms with van der Waals surface area (Å²) in [5, 5.41) is 6.79. The highest BCUT2D eigenvalue weighted by Crippen LogP contribution is 2.20. The minimum atomic E-state index is 0.408. The Hall–Kier alpha value is -1.16. The van der Waals surface area contributed by atoms with Gasteiger partial charge >= 0.3 is 0 Å². The molecule has 1 aliphatic heterocycles. The first-order valence-corrected chi connectivity index (χ1v) is 6.06. The average molecular weight is 220 g/mol. The average Bonchev–Trinajstić information content (AvgIpc) is 2.28. The Labute approximate surface area is 96.9 Å². The van der Waals surface area contributed by atoms with Gasteiger partial charge in [0.2, 0.25) is 0 Å². The molecular weight excluding hydrogens is 200 g/mol.